The first-order valence-electron chi connectivity index (χ1n) is 10.2. The lowest BCUT2D eigenvalue weighted by atomic mass is 9.74. The van der Waals surface area contributed by atoms with Crippen molar-refractivity contribution < 1.29 is 9.53 Å². The van der Waals surface area contributed by atoms with Crippen molar-refractivity contribution in [3.8, 4) is 0 Å². The zero-order chi connectivity index (χ0) is 19.7. The number of hydrogen-bond donors (Lipinski definition) is 0. The van der Waals surface area contributed by atoms with Crippen molar-refractivity contribution >= 4 is 11.6 Å². The number of anilines is 1. The van der Waals surface area contributed by atoms with Gasteiger partial charge in [0.15, 0.2) is 0 Å². The van der Waals surface area contributed by atoms with Crippen LogP contribution in [0.4, 0.5) is 5.69 Å². The van der Waals surface area contributed by atoms with Crippen LogP contribution in [-0.4, -0.2) is 44.2 Å². The van der Waals surface area contributed by atoms with E-state index in [9.17, 15) is 4.79 Å². The van der Waals surface area contributed by atoms with Gasteiger partial charge in [0.25, 0.3) is 5.91 Å². The number of amides is 1. The highest BCUT2D eigenvalue weighted by Gasteiger charge is 2.46. The highest BCUT2D eigenvalue weighted by Crippen LogP contribution is 2.47. The fourth-order valence-electron chi connectivity index (χ4n) is 4.73. The normalized spacial score (nSPS) is 18.5. The molecule has 1 saturated heterocycles. The molecule has 0 unspecified atom stereocenters. The van der Waals surface area contributed by atoms with E-state index in [1.54, 1.807) is 7.11 Å². The Morgan fingerprint density at radius 2 is 1.71 bits per heavy atom. The number of carbonyl (C=O) groups excluding carboxylic acids is 1. The second-order valence-corrected chi connectivity index (χ2v) is 8.48. The minimum atomic E-state index is 0.0616. The summed E-state index contributed by atoms with van der Waals surface area (Å²) in [4.78, 5) is 17.1. The first-order valence-corrected chi connectivity index (χ1v) is 10.2. The maximum atomic E-state index is 12.6. The monoisotopic (exact) mass is 378 g/mol. The van der Waals surface area contributed by atoms with Crippen LogP contribution in [0.1, 0.15) is 35.1 Å². The van der Waals surface area contributed by atoms with E-state index in [0.717, 1.165) is 44.7 Å². The van der Waals surface area contributed by atoms with Gasteiger partial charge >= 0.3 is 0 Å². The smallest absolute Gasteiger partial charge is 0.252 e. The second kappa shape index (κ2) is 7.69. The van der Waals surface area contributed by atoms with Crippen molar-refractivity contribution in [1.29, 1.82) is 0 Å². The number of hydrogen-bond acceptors (Lipinski definition) is 3. The fourth-order valence-corrected chi connectivity index (χ4v) is 4.73. The predicted molar refractivity (Wildman–Crippen MR) is 113 cm³/mol. The van der Waals surface area contributed by atoms with E-state index in [2.05, 4.69) is 61.2 Å². The molecule has 0 aliphatic carbocycles. The van der Waals surface area contributed by atoms with Gasteiger partial charge in [0.2, 0.25) is 0 Å². The number of methoxy groups -OCH3 is 1. The van der Waals surface area contributed by atoms with E-state index in [1.807, 2.05) is 4.90 Å². The van der Waals surface area contributed by atoms with Gasteiger partial charge in [-0.3, -0.25) is 9.69 Å². The molecular weight excluding hydrogens is 348 g/mol. The Morgan fingerprint density at radius 1 is 1.04 bits per heavy atom. The van der Waals surface area contributed by atoms with E-state index in [0.29, 0.717) is 0 Å². The molecule has 0 aromatic heterocycles. The maximum absolute atomic E-state index is 12.6. The fraction of sp³-hybridized carbons (Fsp3) is 0.458. The van der Waals surface area contributed by atoms with Crippen LogP contribution in [0.2, 0.25) is 0 Å². The standard InChI is InChI=1S/C24H30N2O2/c1-18-4-7-20(8-5-18)15-25-12-10-24(11-13-25)17-26(23(27)16-28-3)22-9-6-19(2)14-21(22)24/h4-9,14H,10-13,15-17H2,1-3H3. The van der Waals surface area contributed by atoms with Crippen LogP contribution in [0.5, 0.6) is 0 Å². The first-order chi connectivity index (χ1) is 13.5. The lowest BCUT2D eigenvalue weighted by Crippen LogP contribution is -2.46. The zero-order valence-corrected chi connectivity index (χ0v) is 17.2. The van der Waals surface area contributed by atoms with Gasteiger partial charge in [0, 0.05) is 31.3 Å². The minimum Gasteiger partial charge on any atom is -0.375 e. The SMILES string of the molecule is COCC(=O)N1CC2(CCN(Cc3ccc(C)cc3)CC2)c2cc(C)ccc21. The molecule has 0 radical (unpaired) electrons. The quantitative estimate of drug-likeness (QED) is 0.811. The summed E-state index contributed by atoms with van der Waals surface area (Å²) in [7, 11) is 1.59. The summed E-state index contributed by atoms with van der Waals surface area (Å²) < 4.78 is 5.12. The molecule has 0 N–H and O–H groups in total. The lowest BCUT2D eigenvalue weighted by molar-refractivity contribution is -0.122. The third kappa shape index (κ3) is 3.59. The Kier molecular flexibility index (Phi) is 5.26. The molecule has 4 nitrogen and oxygen atoms in total. The summed E-state index contributed by atoms with van der Waals surface area (Å²) >= 11 is 0. The number of carbonyl (C=O) groups is 1. The second-order valence-electron chi connectivity index (χ2n) is 8.48. The van der Waals surface area contributed by atoms with Crippen LogP contribution in [0.25, 0.3) is 0 Å². The number of piperidine rings is 1. The van der Waals surface area contributed by atoms with E-state index >= 15 is 0 Å². The van der Waals surface area contributed by atoms with E-state index in [1.165, 1.54) is 22.3 Å². The molecular formula is C24H30N2O2. The molecule has 0 bridgehead atoms. The summed E-state index contributed by atoms with van der Waals surface area (Å²) in [6, 6.07) is 15.4. The average molecular weight is 379 g/mol. The summed E-state index contributed by atoms with van der Waals surface area (Å²) in [6.07, 6.45) is 2.18. The number of fused-ring (bicyclic) bond motifs is 2. The van der Waals surface area contributed by atoms with Crippen LogP contribution in [0, 0.1) is 13.8 Å². The van der Waals surface area contributed by atoms with Crippen molar-refractivity contribution in [2.24, 2.45) is 0 Å². The molecule has 0 saturated carbocycles. The van der Waals surface area contributed by atoms with E-state index < -0.39 is 0 Å². The Hall–Kier alpha value is -2.17. The Labute approximate surface area is 168 Å². The van der Waals surface area contributed by atoms with Crippen LogP contribution < -0.4 is 4.90 Å². The molecule has 2 aliphatic rings. The molecule has 1 spiro atoms. The third-order valence-corrected chi connectivity index (χ3v) is 6.38. The number of benzene rings is 2. The van der Waals surface area contributed by atoms with Crippen LogP contribution in [0.15, 0.2) is 42.5 Å². The van der Waals surface area contributed by atoms with E-state index in [4.69, 9.17) is 4.74 Å². The molecule has 1 amide bonds. The molecule has 2 aliphatic heterocycles. The van der Waals surface area contributed by atoms with Gasteiger partial charge in [-0.1, -0.05) is 47.5 Å². The summed E-state index contributed by atoms with van der Waals surface area (Å²) in [5, 5.41) is 0. The minimum absolute atomic E-state index is 0.0616. The molecule has 4 heteroatoms. The van der Waals surface area contributed by atoms with Crippen molar-refractivity contribution in [1.82, 2.24) is 4.90 Å². The largest absolute Gasteiger partial charge is 0.375 e. The molecule has 2 aromatic carbocycles. The molecule has 0 atom stereocenters. The van der Waals surface area contributed by atoms with Gasteiger partial charge in [-0.15, -0.1) is 0 Å². The molecule has 148 valence electrons. The van der Waals surface area contributed by atoms with Crippen molar-refractivity contribution in [3.05, 3.63) is 64.7 Å². The maximum Gasteiger partial charge on any atom is 0.252 e. The molecule has 1 fully saturated rings. The van der Waals surface area contributed by atoms with Crippen LogP contribution in [-0.2, 0) is 21.5 Å². The Bertz CT molecular complexity index is 851. The Morgan fingerprint density at radius 3 is 2.39 bits per heavy atom. The first kappa shape index (κ1) is 19.2. The van der Waals surface area contributed by atoms with Crippen LogP contribution >= 0.6 is 0 Å². The molecule has 28 heavy (non-hydrogen) atoms. The average Bonchev–Trinajstić information content (AvgIpc) is 2.99. The van der Waals surface area contributed by atoms with Gasteiger partial charge in [-0.25, -0.2) is 0 Å². The van der Waals surface area contributed by atoms with Gasteiger partial charge in [-0.2, -0.15) is 0 Å². The molecule has 4 rings (SSSR count). The number of rotatable bonds is 4. The lowest BCUT2D eigenvalue weighted by Gasteiger charge is -2.40. The Balaban J connectivity index is 1.52. The number of likely N-dealkylation sites (tertiary alicyclic amines) is 1. The summed E-state index contributed by atoms with van der Waals surface area (Å²) in [5.74, 6) is 0.0616. The molecule has 2 heterocycles. The highest BCUT2D eigenvalue weighted by atomic mass is 16.5. The summed E-state index contributed by atoms with van der Waals surface area (Å²) in [5.41, 5.74) is 6.46. The third-order valence-electron chi connectivity index (χ3n) is 6.38. The predicted octanol–water partition coefficient (Wildman–Crippen LogP) is 3.83. The highest BCUT2D eigenvalue weighted by molar-refractivity contribution is 5.97. The zero-order valence-electron chi connectivity index (χ0n) is 17.2. The van der Waals surface area contributed by atoms with E-state index in [-0.39, 0.29) is 17.9 Å². The van der Waals surface area contributed by atoms with Gasteiger partial charge < -0.3 is 9.64 Å². The number of ether oxygens (including phenoxy) is 1. The van der Waals surface area contributed by atoms with Crippen molar-refractivity contribution in [2.45, 2.75) is 38.6 Å². The van der Waals surface area contributed by atoms with Gasteiger partial charge in [-0.05, 0) is 57.0 Å². The number of aryl methyl sites for hydroxylation is 2. The number of nitrogens with zero attached hydrogens (tertiary/aromatic N) is 2. The van der Waals surface area contributed by atoms with Gasteiger partial charge in [0.1, 0.15) is 6.61 Å². The van der Waals surface area contributed by atoms with Crippen molar-refractivity contribution in [2.75, 3.05) is 38.3 Å². The topological polar surface area (TPSA) is 32.8 Å². The summed E-state index contributed by atoms with van der Waals surface area (Å²) in [6.45, 7) is 8.32. The van der Waals surface area contributed by atoms with Crippen molar-refractivity contribution in [3.63, 3.8) is 0 Å². The van der Waals surface area contributed by atoms with Crippen LogP contribution in [0.3, 0.4) is 0 Å². The molecule has 2 aromatic rings. The van der Waals surface area contributed by atoms with Gasteiger partial charge in [0.05, 0.1) is 0 Å².